The van der Waals surface area contributed by atoms with E-state index in [9.17, 15) is 0 Å². The molecule has 0 aliphatic carbocycles. The SMILES string of the molecule is CCOc1ccccc1-n1cc(CNC)c(C)n1. The second-order valence-corrected chi connectivity index (χ2v) is 4.12. The largest absolute Gasteiger partial charge is 0.492 e. The van der Waals surface area contributed by atoms with Gasteiger partial charge in [-0.2, -0.15) is 5.10 Å². The Hall–Kier alpha value is -1.81. The summed E-state index contributed by atoms with van der Waals surface area (Å²) in [5.41, 5.74) is 3.21. The average Bonchev–Trinajstić information content (AvgIpc) is 2.73. The molecule has 0 spiro atoms. The van der Waals surface area contributed by atoms with Crippen molar-refractivity contribution in [1.82, 2.24) is 15.1 Å². The van der Waals surface area contributed by atoms with Gasteiger partial charge in [-0.25, -0.2) is 4.68 Å². The molecule has 1 aromatic carbocycles. The van der Waals surface area contributed by atoms with Crippen molar-refractivity contribution in [3.63, 3.8) is 0 Å². The number of aryl methyl sites for hydroxylation is 1. The zero-order valence-electron chi connectivity index (χ0n) is 11.1. The van der Waals surface area contributed by atoms with Crippen molar-refractivity contribution in [3.8, 4) is 11.4 Å². The molecule has 0 amide bonds. The summed E-state index contributed by atoms with van der Waals surface area (Å²) in [6, 6.07) is 7.94. The van der Waals surface area contributed by atoms with Crippen LogP contribution in [0.25, 0.3) is 5.69 Å². The Morgan fingerprint density at radius 1 is 1.33 bits per heavy atom. The summed E-state index contributed by atoms with van der Waals surface area (Å²) < 4.78 is 7.51. The highest BCUT2D eigenvalue weighted by atomic mass is 16.5. The van der Waals surface area contributed by atoms with Crippen LogP contribution in [0.2, 0.25) is 0 Å². The van der Waals surface area contributed by atoms with Gasteiger partial charge in [0.25, 0.3) is 0 Å². The van der Waals surface area contributed by atoms with Gasteiger partial charge in [-0.1, -0.05) is 12.1 Å². The second kappa shape index (κ2) is 5.69. The summed E-state index contributed by atoms with van der Waals surface area (Å²) in [7, 11) is 1.94. The molecular weight excluding hydrogens is 226 g/mol. The fourth-order valence-corrected chi connectivity index (χ4v) is 1.91. The summed E-state index contributed by atoms with van der Waals surface area (Å²) in [5.74, 6) is 0.860. The maximum Gasteiger partial charge on any atom is 0.144 e. The molecule has 0 aliphatic rings. The molecule has 0 bridgehead atoms. The number of rotatable bonds is 5. The van der Waals surface area contributed by atoms with Crippen molar-refractivity contribution in [3.05, 3.63) is 41.7 Å². The fourth-order valence-electron chi connectivity index (χ4n) is 1.91. The first kappa shape index (κ1) is 12.6. The maximum atomic E-state index is 5.62. The lowest BCUT2D eigenvalue weighted by atomic mass is 10.2. The smallest absolute Gasteiger partial charge is 0.144 e. The van der Waals surface area contributed by atoms with E-state index in [0.717, 1.165) is 23.7 Å². The number of hydrogen-bond acceptors (Lipinski definition) is 3. The molecule has 2 rings (SSSR count). The van der Waals surface area contributed by atoms with Crippen LogP contribution in [0.4, 0.5) is 0 Å². The Balaban J connectivity index is 2.39. The van der Waals surface area contributed by atoms with Crippen molar-refractivity contribution < 1.29 is 4.74 Å². The molecule has 0 fully saturated rings. The Morgan fingerprint density at radius 2 is 2.11 bits per heavy atom. The Labute approximate surface area is 108 Å². The van der Waals surface area contributed by atoms with Crippen LogP contribution in [0, 0.1) is 6.92 Å². The van der Waals surface area contributed by atoms with Gasteiger partial charge in [-0.15, -0.1) is 0 Å². The van der Waals surface area contributed by atoms with Gasteiger partial charge in [0.1, 0.15) is 11.4 Å². The molecule has 0 atom stereocenters. The van der Waals surface area contributed by atoms with E-state index in [0.29, 0.717) is 6.61 Å². The van der Waals surface area contributed by atoms with Gasteiger partial charge in [0.2, 0.25) is 0 Å². The van der Waals surface area contributed by atoms with Crippen molar-refractivity contribution in [2.75, 3.05) is 13.7 Å². The van der Waals surface area contributed by atoms with Crippen LogP contribution in [0.15, 0.2) is 30.5 Å². The minimum absolute atomic E-state index is 0.653. The molecule has 0 unspecified atom stereocenters. The van der Waals surface area contributed by atoms with Gasteiger partial charge in [0, 0.05) is 18.3 Å². The lowest BCUT2D eigenvalue weighted by molar-refractivity contribution is 0.338. The predicted molar refractivity (Wildman–Crippen MR) is 72.2 cm³/mol. The van der Waals surface area contributed by atoms with Crippen LogP contribution < -0.4 is 10.1 Å². The van der Waals surface area contributed by atoms with Crippen molar-refractivity contribution in [1.29, 1.82) is 0 Å². The number of nitrogens with zero attached hydrogens (tertiary/aromatic N) is 2. The topological polar surface area (TPSA) is 39.1 Å². The third kappa shape index (κ3) is 2.54. The number of aromatic nitrogens is 2. The first-order valence-corrected chi connectivity index (χ1v) is 6.18. The van der Waals surface area contributed by atoms with Crippen molar-refractivity contribution in [2.24, 2.45) is 0 Å². The molecule has 4 nitrogen and oxygen atoms in total. The van der Waals surface area contributed by atoms with E-state index in [1.165, 1.54) is 5.56 Å². The molecule has 1 N–H and O–H groups in total. The molecule has 0 saturated heterocycles. The highest BCUT2D eigenvalue weighted by molar-refractivity contribution is 5.46. The lowest BCUT2D eigenvalue weighted by Gasteiger charge is -2.09. The van der Waals surface area contributed by atoms with E-state index in [1.54, 1.807) is 0 Å². The Bertz CT molecular complexity index is 520. The van der Waals surface area contributed by atoms with Crippen LogP contribution in [-0.4, -0.2) is 23.4 Å². The third-order valence-corrected chi connectivity index (χ3v) is 2.78. The summed E-state index contributed by atoms with van der Waals surface area (Å²) in [4.78, 5) is 0. The van der Waals surface area contributed by atoms with Gasteiger partial charge in [0.05, 0.1) is 12.3 Å². The standard InChI is InChI=1S/C14H19N3O/c1-4-18-14-8-6-5-7-13(14)17-10-12(9-15-3)11(2)16-17/h5-8,10,15H,4,9H2,1-3H3. The molecule has 2 aromatic rings. The number of ether oxygens (including phenoxy) is 1. The number of para-hydroxylation sites is 2. The monoisotopic (exact) mass is 245 g/mol. The molecule has 0 saturated carbocycles. The van der Waals surface area contributed by atoms with Gasteiger partial charge < -0.3 is 10.1 Å². The summed E-state index contributed by atoms with van der Waals surface area (Å²) in [6.07, 6.45) is 2.05. The van der Waals surface area contributed by atoms with Crippen LogP contribution in [0.5, 0.6) is 5.75 Å². The quantitative estimate of drug-likeness (QED) is 0.878. The second-order valence-electron chi connectivity index (χ2n) is 4.12. The molecule has 4 heteroatoms. The van der Waals surface area contributed by atoms with Crippen molar-refractivity contribution in [2.45, 2.75) is 20.4 Å². The molecule has 1 aromatic heterocycles. The first-order chi connectivity index (χ1) is 8.76. The van der Waals surface area contributed by atoms with Gasteiger partial charge in [-0.05, 0) is 33.0 Å². The van der Waals surface area contributed by atoms with Crippen LogP contribution in [-0.2, 0) is 6.54 Å². The Morgan fingerprint density at radius 3 is 2.83 bits per heavy atom. The average molecular weight is 245 g/mol. The van der Waals surface area contributed by atoms with E-state index >= 15 is 0 Å². The third-order valence-electron chi connectivity index (χ3n) is 2.78. The predicted octanol–water partition coefficient (Wildman–Crippen LogP) is 2.30. The van der Waals surface area contributed by atoms with E-state index in [2.05, 4.69) is 10.4 Å². The zero-order chi connectivity index (χ0) is 13.0. The molecule has 1 heterocycles. The lowest BCUT2D eigenvalue weighted by Crippen LogP contribution is -2.05. The van der Waals surface area contributed by atoms with E-state index < -0.39 is 0 Å². The van der Waals surface area contributed by atoms with Gasteiger partial charge >= 0.3 is 0 Å². The zero-order valence-corrected chi connectivity index (χ0v) is 11.1. The normalized spacial score (nSPS) is 10.6. The van der Waals surface area contributed by atoms with Gasteiger partial charge in [0.15, 0.2) is 0 Å². The molecule has 0 aliphatic heterocycles. The van der Waals surface area contributed by atoms with E-state index in [1.807, 2.05) is 56.0 Å². The first-order valence-electron chi connectivity index (χ1n) is 6.18. The number of nitrogens with one attached hydrogen (secondary N) is 1. The summed E-state index contributed by atoms with van der Waals surface area (Å²) >= 11 is 0. The van der Waals surface area contributed by atoms with Crippen molar-refractivity contribution >= 4 is 0 Å². The van der Waals surface area contributed by atoms with Gasteiger partial charge in [-0.3, -0.25) is 0 Å². The van der Waals surface area contributed by atoms with E-state index in [4.69, 9.17) is 4.74 Å². The highest BCUT2D eigenvalue weighted by Crippen LogP contribution is 2.23. The molecule has 18 heavy (non-hydrogen) atoms. The van der Waals surface area contributed by atoms with Crippen LogP contribution in [0.3, 0.4) is 0 Å². The fraction of sp³-hybridized carbons (Fsp3) is 0.357. The maximum absolute atomic E-state index is 5.62. The summed E-state index contributed by atoms with van der Waals surface area (Å²) in [6.45, 7) is 5.48. The van der Waals surface area contributed by atoms with Crippen LogP contribution >= 0.6 is 0 Å². The molecular formula is C14H19N3O. The summed E-state index contributed by atoms with van der Waals surface area (Å²) in [5, 5.41) is 7.68. The minimum Gasteiger partial charge on any atom is -0.492 e. The minimum atomic E-state index is 0.653. The number of hydrogen-bond donors (Lipinski definition) is 1. The van der Waals surface area contributed by atoms with Crippen LogP contribution in [0.1, 0.15) is 18.2 Å². The Kier molecular flexibility index (Phi) is 3.99. The number of benzene rings is 1. The highest BCUT2D eigenvalue weighted by Gasteiger charge is 2.09. The van der Waals surface area contributed by atoms with E-state index in [-0.39, 0.29) is 0 Å². The molecule has 96 valence electrons. The molecule has 0 radical (unpaired) electrons.